The number of nitrogens with zero attached hydrogens (tertiary/aromatic N) is 1. The number of esters is 1. The zero-order chi connectivity index (χ0) is 21.6. The molecule has 0 saturated heterocycles. The minimum absolute atomic E-state index is 0.00217. The fourth-order valence-electron chi connectivity index (χ4n) is 3.52. The molecule has 2 amide bonds. The lowest BCUT2D eigenvalue weighted by Crippen LogP contribution is -2.47. The molecular weight excluding hydrogens is 394 g/mol. The minimum Gasteiger partial charge on any atom is -0.490 e. The summed E-state index contributed by atoms with van der Waals surface area (Å²) in [5.41, 5.74) is 1.41. The Morgan fingerprint density at radius 2 is 1.29 bits per heavy atom. The summed E-state index contributed by atoms with van der Waals surface area (Å²) in [6.07, 6.45) is 0.171. The number of hydrogen-bond acceptors (Lipinski definition) is 5. The van der Waals surface area contributed by atoms with E-state index in [-0.39, 0.29) is 19.6 Å². The SMILES string of the molecule is O=C(OCCOc1ccccc1)C(Cc1ccccc1)N1C(=O)c2ccccc2C1=O. The summed E-state index contributed by atoms with van der Waals surface area (Å²) < 4.78 is 10.9. The largest absolute Gasteiger partial charge is 0.490 e. The standard InChI is InChI=1S/C25H21NO5/c27-23-20-13-7-8-14-21(20)24(28)26(23)22(17-18-9-3-1-4-10-18)25(29)31-16-15-30-19-11-5-2-6-12-19/h1-14,22H,15-17H2. The molecule has 0 bridgehead atoms. The maximum Gasteiger partial charge on any atom is 0.329 e. The first kappa shape index (κ1) is 20.3. The van der Waals surface area contributed by atoms with Crippen molar-refractivity contribution in [2.45, 2.75) is 12.5 Å². The highest BCUT2D eigenvalue weighted by Gasteiger charge is 2.43. The van der Waals surface area contributed by atoms with Crippen LogP contribution < -0.4 is 4.74 Å². The lowest BCUT2D eigenvalue weighted by Gasteiger charge is -2.24. The fraction of sp³-hybridized carbons (Fsp3) is 0.160. The molecule has 0 spiro atoms. The van der Waals surface area contributed by atoms with Crippen molar-refractivity contribution in [3.05, 3.63) is 102 Å². The van der Waals surface area contributed by atoms with E-state index in [2.05, 4.69) is 0 Å². The second kappa shape index (κ2) is 9.26. The van der Waals surface area contributed by atoms with Gasteiger partial charge in [-0.1, -0.05) is 60.7 Å². The Kier molecular flexibility index (Phi) is 6.08. The van der Waals surface area contributed by atoms with E-state index in [4.69, 9.17) is 9.47 Å². The van der Waals surface area contributed by atoms with Crippen molar-refractivity contribution in [2.24, 2.45) is 0 Å². The van der Waals surface area contributed by atoms with Crippen LogP contribution in [0.2, 0.25) is 0 Å². The van der Waals surface area contributed by atoms with Crippen molar-refractivity contribution in [3.63, 3.8) is 0 Å². The second-order valence-corrected chi connectivity index (χ2v) is 7.06. The molecule has 0 aliphatic carbocycles. The normalized spacial score (nSPS) is 13.6. The van der Waals surface area contributed by atoms with Gasteiger partial charge < -0.3 is 9.47 Å². The third-order valence-corrected chi connectivity index (χ3v) is 5.02. The molecule has 6 nitrogen and oxygen atoms in total. The van der Waals surface area contributed by atoms with E-state index >= 15 is 0 Å². The van der Waals surface area contributed by atoms with E-state index in [9.17, 15) is 14.4 Å². The van der Waals surface area contributed by atoms with Gasteiger partial charge in [0, 0.05) is 6.42 Å². The molecular formula is C25H21NO5. The molecule has 4 rings (SSSR count). The second-order valence-electron chi connectivity index (χ2n) is 7.06. The summed E-state index contributed by atoms with van der Waals surface area (Å²) in [6.45, 7) is 0.165. The number of para-hydroxylation sites is 1. The van der Waals surface area contributed by atoms with Crippen LogP contribution in [0.3, 0.4) is 0 Å². The molecule has 0 radical (unpaired) electrons. The van der Waals surface area contributed by atoms with Crippen LogP contribution in [0, 0.1) is 0 Å². The van der Waals surface area contributed by atoms with Crippen LogP contribution in [0.15, 0.2) is 84.9 Å². The number of hydrogen-bond donors (Lipinski definition) is 0. The first-order valence-corrected chi connectivity index (χ1v) is 10.0. The Labute approximate surface area is 180 Å². The van der Waals surface area contributed by atoms with Crippen LogP contribution in [-0.4, -0.2) is 41.9 Å². The smallest absolute Gasteiger partial charge is 0.329 e. The average Bonchev–Trinajstić information content (AvgIpc) is 3.06. The molecule has 3 aromatic carbocycles. The van der Waals surface area contributed by atoms with E-state index in [1.165, 1.54) is 0 Å². The van der Waals surface area contributed by atoms with Gasteiger partial charge in [0.05, 0.1) is 11.1 Å². The van der Waals surface area contributed by atoms with Gasteiger partial charge in [0.25, 0.3) is 11.8 Å². The van der Waals surface area contributed by atoms with Crippen LogP contribution in [0.1, 0.15) is 26.3 Å². The van der Waals surface area contributed by atoms with Gasteiger partial charge in [-0.05, 0) is 29.8 Å². The van der Waals surface area contributed by atoms with E-state index in [1.807, 2.05) is 48.5 Å². The lowest BCUT2D eigenvalue weighted by atomic mass is 10.0. The molecule has 0 fully saturated rings. The quantitative estimate of drug-likeness (QED) is 0.320. The molecule has 6 heteroatoms. The van der Waals surface area contributed by atoms with Gasteiger partial charge in [0.1, 0.15) is 25.0 Å². The predicted molar refractivity (Wildman–Crippen MR) is 114 cm³/mol. The summed E-state index contributed by atoms with van der Waals surface area (Å²) in [4.78, 5) is 39.8. The minimum atomic E-state index is -1.06. The van der Waals surface area contributed by atoms with Crippen LogP contribution in [-0.2, 0) is 16.0 Å². The molecule has 0 saturated carbocycles. The highest BCUT2D eigenvalue weighted by Crippen LogP contribution is 2.26. The summed E-state index contributed by atoms with van der Waals surface area (Å²) in [5, 5.41) is 0. The Bertz CT molecular complexity index is 1050. The maximum atomic E-state index is 13.0. The van der Waals surface area contributed by atoms with Gasteiger partial charge in [0.2, 0.25) is 0 Å². The first-order chi connectivity index (χ1) is 15.1. The monoisotopic (exact) mass is 415 g/mol. The number of fused-ring (bicyclic) bond motifs is 1. The number of amides is 2. The van der Waals surface area contributed by atoms with Crippen LogP contribution in [0.4, 0.5) is 0 Å². The Balaban J connectivity index is 1.49. The van der Waals surface area contributed by atoms with Crippen molar-refractivity contribution in [1.29, 1.82) is 0 Å². The Morgan fingerprint density at radius 3 is 1.90 bits per heavy atom. The number of benzene rings is 3. The molecule has 0 N–H and O–H groups in total. The topological polar surface area (TPSA) is 72.9 Å². The summed E-state index contributed by atoms with van der Waals surface area (Å²) in [5.74, 6) is -0.951. The van der Waals surface area contributed by atoms with Crippen molar-refractivity contribution < 1.29 is 23.9 Å². The van der Waals surface area contributed by atoms with Gasteiger partial charge in [-0.15, -0.1) is 0 Å². The summed E-state index contributed by atoms with van der Waals surface area (Å²) in [7, 11) is 0. The Hall–Kier alpha value is -3.93. The summed E-state index contributed by atoms with van der Waals surface area (Å²) >= 11 is 0. The molecule has 1 atom stereocenters. The van der Waals surface area contributed by atoms with E-state index in [0.717, 1.165) is 10.5 Å². The Morgan fingerprint density at radius 1 is 0.742 bits per heavy atom. The van der Waals surface area contributed by atoms with Gasteiger partial charge in [-0.25, -0.2) is 4.79 Å². The molecule has 1 aliphatic heterocycles. The van der Waals surface area contributed by atoms with Crippen LogP contribution >= 0.6 is 0 Å². The highest BCUT2D eigenvalue weighted by atomic mass is 16.6. The zero-order valence-corrected chi connectivity index (χ0v) is 16.8. The van der Waals surface area contributed by atoms with Crippen LogP contribution in [0.25, 0.3) is 0 Å². The molecule has 1 heterocycles. The molecule has 156 valence electrons. The molecule has 3 aromatic rings. The van der Waals surface area contributed by atoms with Gasteiger partial charge >= 0.3 is 5.97 Å². The number of ether oxygens (including phenoxy) is 2. The summed E-state index contributed by atoms with van der Waals surface area (Å²) in [6, 6.07) is 23.9. The van der Waals surface area contributed by atoms with Gasteiger partial charge in [0.15, 0.2) is 0 Å². The molecule has 1 aliphatic rings. The third kappa shape index (κ3) is 4.48. The van der Waals surface area contributed by atoms with Crippen LogP contribution in [0.5, 0.6) is 5.75 Å². The average molecular weight is 415 g/mol. The predicted octanol–water partition coefficient (Wildman–Crippen LogP) is 3.52. The van der Waals surface area contributed by atoms with E-state index in [1.54, 1.807) is 36.4 Å². The van der Waals surface area contributed by atoms with Crippen molar-refractivity contribution >= 4 is 17.8 Å². The van der Waals surface area contributed by atoms with E-state index in [0.29, 0.717) is 16.9 Å². The third-order valence-electron chi connectivity index (χ3n) is 5.02. The number of carbonyl (C=O) groups is 3. The lowest BCUT2D eigenvalue weighted by molar-refractivity contribution is -0.149. The molecule has 0 aromatic heterocycles. The highest BCUT2D eigenvalue weighted by molar-refractivity contribution is 6.22. The number of imide groups is 1. The first-order valence-electron chi connectivity index (χ1n) is 10.0. The maximum absolute atomic E-state index is 13.0. The van der Waals surface area contributed by atoms with Crippen molar-refractivity contribution in [3.8, 4) is 5.75 Å². The fourth-order valence-corrected chi connectivity index (χ4v) is 3.52. The number of carbonyl (C=O) groups excluding carboxylic acids is 3. The zero-order valence-electron chi connectivity index (χ0n) is 16.8. The molecule has 31 heavy (non-hydrogen) atoms. The van der Waals surface area contributed by atoms with Gasteiger partial charge in [-0.2, -0.15) is 0 Å². The van der Waals surface area contributed by atoms with Crippen molar-refractivity contribution in [1.82, 2.24) is 4.90 Å². The number of rotatable bonds is 8. The molecule has 1 unspecified atom stereocenters. The van der Waals surface area contributed by atoms with Gasteiger partial charge in [-0.3, -0.25) is 14.5 Å². The van der Waals surface area contributed by atoms with E-state index < -0.39 is 23.8 Å². The van der Waals surface area contributed by atoms with Crippen molar-refractivity contribution in [2.75, 3.05) is 13.2 Å².